The molecule has 16 heavy (non-hydrogen) atoms. The molecule has 0 unspecified atom stereocenters. The topological polar surface area (TPSA) is 52.0 Å². The quantitative estimate of drug-likeness (QED) is 0.783. The molecule has 2 aliphatic heterocycles. The number of pyridine rings is 1. The van der Waals surface area contributed by atoms with Crippen LogP contribution in [0.1, 0.15) is 5.56 Å². The van der Waals surface area contributed by atoms with Crippen molar-refractivity contribution in [2.24, 2.45) is 5.92 Å². The second-order valence-corrected chi connectivity index (χ2v) is 5.03. The van der Waals surface area contributed by atoms with Gasteiger partial charge in [-0.2, -0.15) is 5.26 Å². The van der Waals surface area contributed by atoms with Gasteiger partial charge in [-0.25, -0.2) is 4.98 Å². The smallest absolute Gasteiger partial charge is 0.123 e. The largest absolute Gasteiger partial charge is 0.365 e. The van der Waals surface area contributed by atoms with Gasteiger partial charge in [0.2, 0.25) is 0 Å². The highest BCUT2D eigenvalue weighted by molar-refractivity contribution is 9.10. The summed E-state index contributed by atoms with van der Waals surface area (Å²) in [5, 5.41) is 12.3. The van der Waals surface area contributed by atoms with Crippen molar-refractivity contribution in [3.8, 4) is 6.07 Å². The zero-order chi connectivity index (χ0) is 11.1. The Kier molecular flexibility index (Phi) is 2.34. The Bertz CT molecular complexity index is 468. The van der Waals surface area contributed by atoms with Crippen molar-refractivity contribution in [2.45, 2.75) is 6.04 Å². The Hall–Kier alpha value is -1.12. The molecule has 1 aromatic heterocycles. The molecule has 82 valence electrons. The number of hydrogen-bond acceptors (Lipinski definition) is 4. The summed E-state index contributed by atoms with van der Waals surface area (Å²) in [6, 6.07) is 4.65. The van der Waals surface area contributed by atoms with Crippen LogP contribution in [-0.2, 0) is 0 Å². The van der Waals surface area contributed by atoms with Crippen molar-refractivity contribution in [2.75, 3.05) is 24.5 Å². The monoisotopic (exact) mass is 278 g/mol. The maximum absolute atomic E-state index is 8.95. The Morgan fingerprint density at radius 1 is 1.56 bits per heavy atom. The molecule has 2 saturated heterocycles. The molecule has 3 heterocycles. The zero-order valence-electron chi connectivity index (χ0n) is 8.65. The van der Waals surface area contributed by atoms with E-state index in [2.05, 4.69) is 37.2 Å². The zero-order valence-corrected chi connectivity index (χ0v) is 10.2. The van der Waals surface area contributed by atoms with Gasteiger partial charge < -0.3 is 10.2 Å². The van der Waals surface area contributed by atoms with E-state index in [1.807, 2.05) is 12.3 Å². The second-order valence-electron chi connectivity index (χ2n) is 4.28. The van der Waals surface area contributed by atoms with Gasteiger partial charge in [-0.15, -0.1) is 0 Å². The molecule has 0 bridgehead atoms. The lowest BCUT2D eigenvalue weighted by Gasteiger charge is -2.45. The van der Waals surface area contributed by atoms with E-state index in [0.29, 0.717) is 16.2 Å². The van der Waals surface area contributed by atoms with Crippen molar-refractivity contribution in [1.82, 2.24) is 10.3 Å². The molecule has 0 radical (unpaired) electrons. The first kappa shape index (κ1) is 10.1. The molecule has 1 N–H and O–H groups in total. The van der Waals surface area contributed by atoms with Crippen LogP contribution in [0.3, 0.4) is 0 Å². The molecular weight excluding hydrogens is 268 g/mol. The lowest BCUT2D eigenvalue weighted by Crippen LogP contribution is -2.55. The molecule has 1 aromatic rings. The van der Waals surface area contributed by atoms with Crippen LogP contribution in [0.25, 0.3) is 0 Å². The maximum atomic E-state index is 8.95. The Morgan fingerprint density at radius 3 is 3.19 bits per heavy atom. The average molecular weight is 279 g/mol. The minimum absolute atomic E-state index is 0.592. The Balaban J connectivity index is 1.88. The highest BCUT2D eigenvalue weighted by Crippen LogP contribution is 2.33. The van der Waals surface area contributed by atoms with Crippen molar-refractivity contribution in [1.29, 1.82) is 5.26 Å². The molecule has 5 heteroatoms. The summed E-state index contributed by atoms with van der Waals surface area (Å²) < 4.78 is 0.625. The molecule has 4 nitrogen and oxygen atoms in total. The van der Waals surface area contributed by atoms with E-state index in [9.17, 15) is 0 Å². The number of fused-ring (bicyclic) bond motifs is 1. The second kappa shape index (κ2) is 3.72. The summed E-state index contributed by atoms with van der Waals surface area (Å²) in [6.45, 7) is 3.24. The predicted molar refractivity (Wildman–Crippen MR) is 64.1 cm³/mol. The van der Waals surface area contributed by atoms with Crippen LogP contribution in [0.5, 0.6) is 0 Å². The van der Waals surface area contributed by atoms with Gasteiger partial charge in [0.1, 0.15) is 10.7 Å². The Labute approximate surface area is 102 Å². The summed E-state index contributed by atoms with van der Waals surface area (Å²) in [5.41, 5.74) is 1.66. The molecule has 0 amide bonds. The molecule has 0 aromatic carbocycles. The first-order valence-electron chi connectivity index (χ1n) is 5.32. The van der Waals surface area contributed by atoms with Gasteiger partial charge in [0.15, 0.2) is 0 Å². The number of nitrogens with zero attached hydrogens (tertiary/aromatic N) is 3. The van der Waals surface area contributed by atoms with Gasteiger partial charge in [0, 0.05) is 31.6 Å². The van der Waals surface area contributed by atoms with Gasteiger partial charge in [0.05, 0.1) is 17.4 Å². The fraction of sp³-hybridized carbons (Fsp3) is 0.455. The summed E-state index contributed by atoms with van der Waals surface area (Å²) >= 11 is 3.27. The van der Waals surface area contributed by atoms with Crippen molar-refractivity contribution in [3.63, 3.8) is 0 Å². The summed E-state index contributed by atoms with van der Waals surface area (Å²) in [5.74, 6) is 0.772. The number of halogens is 1. The van der Waals surface area contributed by atoms with E-state index in [1.54, 1.807) is 0 Å². The van der Waals surface area contributed by atoms with E-state index in [0.717, 1.165) is 31.2 Å². The van der Waals surface area contributed by atoms with Crippen molar-refractivity contribution in [3.05, 3.63) is 22.4 Å². The minimum Gasteiger partial charge on any atom is -0.365 e. The molecule has 2 aliphatic rings. The lowest BCUT2D eigenvalue weighted by molar-refractivity contribution is 0.365. The normalized spacial score (nSPS) is 27.1. The number of anilines is 1. The SMILES string of the molecule is N#Cc1cc(N2C[C@@H]3CNC[C@@H]32)cnc1Br. The number of aromatic nitrogens is 1. The molecule has 2 atom stereocenters. The van der Waals surface area contributed by atoms with Crippen molar-refractivity contribution >= 4 is 21.6 Å². The van der Waals surface area contributed by atoms with Crippen LogP contribution >= 0.6 is 15.9 Å². The van der Waals surface area contributed by atoms with Crippen LogP contribution in [0.4, 0.5) is 5.69 Å². The standard InChI is InChI=1S/C11H11BrN4/c12-11-7(2-13)1-9(4-15-11)16-6-8-3-14-5-10(8)16/h1,4,8,10,14H,3,5-6H2/t8-,10-/m0/s1. The molecule has 2 fully saturated rings. The van der Waals surface area contributed by atoms with Crippen molar-refractivity contribution < 1.29 is 0 Å². The predicted octanol–water partition coefficient (Wildman–Crippen LogP) is 1.12. The van der Waals surface area contributed by atoms with Gasteiger partial charge in [-0.3, -0.25) is 0 Å². The van der Waals surface area contributed by atoms with Gasteiger partial charge >= 0.3 is 0 Å². The number of hydrogen-bond donors (Lipinski definition) is 1. The lowest BCUT2D eigenvalue weighted by atomic mass is 9.91. The minimum atomic E-state index is 0.592. The number of rotatable bonds is 1. The Morgan fingerprint density at radius 2 is 2.44 bits per heavy atom. The highest BCUT2D eigenvalue weighted by atomic mass is 79.9. The van der Waals surface area contributed by atoms with E-state index >= 15 is 0 Å². The van der Waals surface area contributed by atoms with Crippen LogP contribution in [0.15, 0.2) is 16.9 Å². The van der Waals surface area contributed by atoms with E-state index in [4.69, 9.17) is 5.26 Å². The third-order valence-corrected chi connectivity index (χ3v) is 4.04. The van der Waals surface area contributed by atoms with Crippen LogP contribution < -0.4 is 10.2 Å². The van der Waals surface area contributed by atoms with Crippen LogP contribution in [0.2, 0.25) is 0 Å². The molecule has 0 spiro atoms. The van der Waals surface area contributed by atoms with Crippen LogP contribution in [0, 0.1) is 17.2 Å². The van der Waals surface area contributed by atoms with Gasteiger partial charge in [-0.1, -0.05) is 0 Å². The van der Waals surface area contributed by atoms with Gasteiger partial charge in [0.25, 0.3) is 0 Å². The fourth-order valence-electron chi connectivity index (χ4n) is 2.49. The average Bonchev–Trinajstić information content (AvgIpc) is 2.63. The molecule has 0 aliphatic carbocycles. The highest BCUT2D eigenvalue weighted by Gasteiger charge is 2.42. The first-order chi connectivity index (χ1) is 7.79. The van der Waals surface area contributed by atoms with E-state index in [1.165, 1.54) is 0 Å². The molecule has 3 rings (SSSR count). The number of nitrogens with one attached hydrogen (secondary N) is 1. The van der Waals surface area contributed by atoms with Gasteiger partial charge in [-0.05, 0) is 22.0 Å². The molecular formula is C11H11BrN4. The third kappa shape index (κ3) is 1.41. The fourth-order valence-corrected chi connectivity index (χ4v) is 2.80. The van der Waals surface area contributed by atoms with E-state index < -0.39 is 0 Å². The van der Waals surface area contributed by atoms with Crippen LogP contribution in [-0.4, -0.2) is 30.7 Å². The summed E-state index contributed by atoms with van der Waals surface area (Å²) in [7, 11) is 0. The number of nitriles is 1. The first-order valence-corrected chi connectivity index (χ1v) is 6.12. The van der Waals surface area contributed by atoms with E-state index in [-0.39, 0.29) is 0 Å². The summed E-state index contributed by atoms with van der Waals surface area (Å²) in [4.78, 5) is 6.52. The third-order valence-electron chi connectivity index (χ3n) is 3.41. The summed E-state index contributed by atoms with van der Waals surface area (Å²) in [6.07, 6.45) is 1.83. The molecule has 0 saturated carbocycles. The maximum Gasteiger partial charge on any atom is 0.123 e.